The molecule has 2 heteroatoms. The quantitative estimate of drug-likeness (QED) is 0.875. The molecule has 2 nitrogen and oxygen atoms in total. The summed E-state index contributed by atoms with van der Waals surface area (Å²) in [4.78, 5) is 2.48. The van der Waals surface area contributed by atoms with E-state index in [-0.39, 0.29) is 6.10 Å². The fraction of sp³-hybridized carbons (Fsp3) is 0.625. The van der Waals surface area contributed by atoms with E-state index in [9.17, 15) is 5.11 Å². The first-order valence-corrected chi connectivity index (χ1v) is 7.28. The predicted molar refractivity (Wildman–Crippen MR) is 76.9 cm³/mol. The molecule has 1 unspecified atom stereocenters. The van der Waals surface area contributed by atoms with Crippen molar-refractivity contribution in [2.75, 3.05) is 18.0 Å². The minimum Gasteiger partial charge on any atom is -0.388 e. The van der Waals surface area contributed by atoms with Crippen LogP contribution in [0.25, 0.3) is 0 Å². The van der Waals surface area contributed by atoms with Gasteiger partial charge in [-0.05, 0) is 24.8 Å². The number of fused-ring (bicyclic) bond motifs is 1. The number of benzene rings is 1. The van der Waals surface area contributed by atoms with Crippen molar-refractivity contribution in [1.29, 1.82) is 0 Å². The van der Waals surface area contributed by atoms with Gasteiger partial charge < -0.3 is 10.0 Å². The van der Waals surface area contributed by atoms with Gasteiger partial charge in [-0.1, -0.05) is 44.9 Å². The molecule has 18 heavy (non-hydrogen) atoms. The third-order valence-corrected chi connectivity index (χ3v) is 4.18. The number of anilines is 1. The molecular formula is C16H25NO. The van der Waals surface area contributed by atoms with Crippen LogP contribution in [0, 0.1) is 5.92 Å². The highest BCUT2D eigenvalue weighted by Gasteiger charge is 2.22. The Labute approximate surface area is 111 Å². The Morgan fingerprint density at radius 1 is 1.28 bits per heavy atom. The number of aliphatic hydroxyl groups excluding tert-OH is 1. The first kappa shape index (κ1) is 13.4. The highest BCUT2D eigenvalue weighted by Crippen LogP contribution is 2.33. The second-order valence-electron chi connectivity index (χ2n) is 5.35. The molecule has 0 fully saturated rings. The van der Waals surface area contributed by atoms with Gasteiger partial charge in [0.2, 0.25) is 0 Å². The third-order valence-electron chi connectivity index (χ3n) is 4.18. The largest absolute Gasteiger partial charge is 0.388 e. The molecule has 100 valence electrons. The molecule has 1 atom stereocenters. The Balaban J connectivity index is 2.23. The molecular weight excluding hydrogens is 222 g/mol. The van der Waals surface area contributed by atoms with Crippen molar-refractivity contribution >= 4 is 5.69 Å². The molecule has 1 aromatic rings. The van der Waals surface area contributed by atoms with E-state index in [1.807, 2.05) is 6.07 Å². The maximum Gasteiger partial charge on any atom is 0.0810 e. The van der Waals surface area contributed by atoms with Crippen LogP contribution in [0.3, 0.4) is 0 Å². The van der Waals surface area contributed by atoms with Gasteiger partial charge in [-0.15, -0.1) is 0 Å². The molecule has 0 radical (unpaired) electrons. The number of para-hydroxylation sites is 1. The summed E-state index contributed by atoms with van der Waals surface area (Å²) in [7, 11) is 0. The van der Waals surface area contributed by atoms with Crippen molar-refractivity contribution in [1.82, 2.24) is 0 Å². The fourth-order valence-corrected chi connectivity index (χ4v) is 2.86. The minimum absolute atomic E-state index is 0.284. The first-order chi connectivity index (χ1) is 8.76. The summed E-state index contributed by atoms with van der Waals surface area (Å²) in [6, 6.07) is 8.34. The van der Waals surface area contributed by atoms with Crippen molar-refractivity contribution < 1.29 is 5.11 Å². The zero-order valence-corrected chi connectivity index (χ0v) is 11.6. The van der Waals surface area contributed by atoms with E-state index >= 15 is 0 Å². The van der Waals surface area contributed by atoms with Crippen molar-refractivity contribution in [2.45, 2.75) is 45.6 Å². The molecule has 0 aliphatic carbocycles. The van der Waals surface area contributed by atoms with Gasteiger partial charge in [0.1, 0.15) is 0 Å². The van der Waals surface area contributed by atoms with Crippen molar-refractivity contribution in [3.05, 3.63) is 29.8 Å². The molecule has 1 heterocycles. The molecule has 0 spiro atoms. The molecule has 0 amide bonds. The molecule has 0 bridgehead atoms. The zero-order valence-electron chi connectivity index (χ0n) is 11.6. The number of nitrogens with zero attached hydrogens (tertiary/aromatic N) is 1. The summed E-state index contributed by atoms with van der Waals surface area (Å²) in [5.74, 6) is 0.758. The first-order valence-electron chi connectivity index (χ1n) is 7.28. The Hall–Kier alpha value is -1.02. The van der Waals surface area contributed by atoms with E-state index in [4.69, 9.17) is 0 Å². The van der Waals surface area contributed by atoms with E-state index in [1.165, 1.54) is 18.5 Å². The van der Waals surface area contributed by atoms with Crippen molar-refractivity contribution in [3.8, 4) is 0 Å². The summed E-state index contributed by atoms with van der Waals surface area (Å²) >= 11 is 0. The van der Waals surface area contributed by atoms with E-state index in [2.05, 4.69) is 36.9 Å². The lowest BCUT2D eigenvalue weighted by Gasteiger charge is -2.29. The van der Waals surface area contributed by atoms with Crippen LogP contribution in [-0.2, 0) is 0 Å². The van der Waals surface area contributed by atoms with Gasteiger partial charge in [-0.2, -0.15) is 0 Å². The van der Waals surface area contributed by atoms with Crippen molar-refractivity contribution in [2.24, 2.45) is 5.92 Å². The standard InChI is InChI=1S/C16H25NO/c1-3-13(4-2)12-17-11-7-10-16(18)14-8-5-6-9-15(14)17/h5-6,8-9,13,16,18H,3-4,7,10-12H2,1-2H3. The number of hydrogen-bond donors (Lipinski definition) is 1. The fourth-order valence-electron chi connectivity index (χ4n) is 2.86. The molecule has 1 N–H and O–H groups in total. The van der Waals surface area contributed by atoms with Crippen LogP contribution in [0.2, 0.25) is 0 Å². The summed E-state index contributed by atoms with van der Waals surface area (Å²) in [6.07, 6.45) is 4.15. The van der Waals surface area contributed by atoms with Crippen LogP contribution in [-0.4, -0.2) is 18.2 Å². The van der Waals surface area contributed by atoms with E-state index in [1.54, 1.807) is 0 Å². The smallest absolute Gasteiger partial charge is 0.0810 e. The summed E-state index contributed by atoms with van der Waals surface area (Å²) < 4.78 is 0. The second-order valence-corrected chi connectivity index (χ2v) is 5.35. The summed E-state index contributed by atoms with van der Waals surface area (Å²) in [5, 5.41) is 10.2. The minimum atomic E-state index is -0.284. The lowest BCUT2D eigenvalue weighted by Crippen LogP contribution is -2.30. The Morgan fingerprint density at radius 2 is 2.00 bits per heavy atom. The Kier molecular flexibility index (Phi) is 4.65. The second kappa shape index (κ2) is 6.24. The van der Waals surface area contributed by atoms with Gasteiger partial charge in [0.25, 0.3) is 0 Å². The van der Waals surface area contributed by atoms with E-state index < -0.39 is 0 Å². The molecule has 0 saturated heterocycles. The molecule has 2 rings (SSSR count). The highest BCUT2D eigenvalue weighted by atomic mass is 16.3. The predicted octanol–water partition coefficient (Wildman–Crippen LogP) is 3.76. The lowest BCUT2D eigenvalue weighted by molar-refractivity contribution is 0.168. The van der Waals surface area contributed by atoms with E-state index in [0.717, 1.165) is 37.4 Å². The van der Waals surface area contributed by atoms with Gasteiger partial charge in [-0.3, -0.25) is 0 Å². The maximum atomic E-state index is 10.2. The van der Waals surface area contributed by atoms with Gasteiger partial charge in [0.15, 0.2) is 0 Å². The Morgan fingerprint density at radius 3 is 2.72 bits per heavy atom. The normalized spacial score (nSPS) is 19.8. The number of hydrogen-bond acceptors (Lipinski definition) is 2. The van der Waals surface area contributed by atoms with Crippen LogP contribution in [0.1, 0.15) is 51.2 Å². The third kappa shape index (κ3) is 2.86. The monoisotopic (exact) mass is 247 g/mol. The zero-order chi connectivity index (χ0) is 13.0. The number of aliphatic hydroxyl groups is 1. The highest BCUT2D eigenvalue weighted by molar-refractivity contribution is 5.55. The average Bonchev–Trinajstić information content (AvgIpc) is 2.57. The summed E-state index contributed by atoms with van der Waals surface area (Å²) in [5.41, 5.74) is 2.36. The average molecular weight is 247 g/mol. The SMILES string of the molecule is CCC(CC)CN1CCCC(O)c2ccccc21. The lowest BCUT2D eigenvalue weighted by atomic mass is 10.0. The molecule has 0 saturated carbocycles. The molecule has 1 aromatic carbocycles. The number of rotatable bonds is 4. The van der Waals surface area contributed by atoms with Crippen LogP contribution in [0.15, 0.2) is 24.3 Å². The molecule has 1 aliphatic heterocycles. The van der Waals surface area contributed by atoms with Gasteiger partial charge >= 0.3 is 0 Å². The maximum absolute atomic E-state index is 10.2. The van der Waals surface area contributed by atoms with E-state index in [0.29, 0.717) is 0 Å². The summed E-state index contributed by atoms with van der Waals surface area (Å²) in [6.45, 7) is 6.74. The topological polar surface area (TPSA) is 23.5 Å². The van der Waals surface area contributed by atoms with Crippen LogP contribution in [0.5, 0.6) is 0 Å². The van der Waals surface area contributed by atoms with Crippen LogP contribution < -0.4 is 4.90 Å². The van der Waals surface area contributed by atoms with Crippen molar-refractivity contribution in [3.63, 3.8) is 0 Å². The van der Waals surface area contributed by atoms with Gasteiger partial charge in [0.05, 0.1) is 6.10 Å². The molecule has 1 aliphatic rings. The van der Waals surface area contributed by atoms with Gasteiger partial charge in [0, 0.05) is 24.3 Å². The van der Waals surface area contributed by atoms with Crippen LogP contribution >= 0.6 is 0 Å². The molecule has 0 aromatic heterocycles. The Bertz CT molecular complexity index is 373. The van der Waals surface area contributed by atoms with Gasteiger partial charge in [-0.25, -0.2) is 0 Å². The van der Waals surface area contributed by atoms with Crippen LogP contribution in [0.4, 0.5) is 5.69 Å².